The van der Waals surface area contributed by atoms with Crippen LogP contribution in [0.5, 0.6) is 0 Å². The number of sulfonamides is 1. The molecule has 0 aliphatic heterocycles. The summed E-state index contributed by atoms with van der Waals surface area (Å²) in [6.45, 7) is 2.66. The second-order valence-corrected chi connectivity index (χ2v) is 7.46. The fourth-order valence-corrected chi connectivity index (χ4v) is 3.15. The molecule has 0 radical (unpaired) electrons. The van der Waals surface area contributed by atoms with Crippen LogP contribution in [0.25, 0.3) is 11.0 Å². The van der Waals surface area contributed by atoms with Crippen LogP contribution in [0.1, 0.15) is 36.1 Å². The average Bonchev–Trinajstić information content (AvgIpc) is 3.01. The zero-order chi connectivity index (χ0) is 19.4. The summed E-state index contributed by atoms with van der Waals surface area (Å²) in [6.07, 6.45) is 6.05. The number of hydrogen-bond acceptors (Lipinski definition) is 7. The van der Waals surface area contributed by atoms with Gasteiger partial charge in [0.25, 0.3) is 0 Å². The Morgan fingerprint density at radius 3 is 2.78 bits per heavy atom. The fraction of sp³-hybridized carbons (Fsp3) is 0.294. The number of imidazole rings is 1. The highest BCUT2D eigenvalue weighted by atomic mass is 32.2. The molecule has 9 nitrogen and oxygen atoms in total. The van der Waals surface area contributed by atoms with Gasteiger partial charge in [-0.05, 0) is 24.6 Å². The maximum atomic E-state index is 12.1. The van der Waals surface area contributed by atoms with E-state index in [1.807, 2.05) is 4.57 Å². The standard InChI is InChI=1S/C17H19N5O4S/c1-2-3-8-22-15-5-4-12(27(18,24)25)9-13(15)21-16(22)11-26-17(23)14-10-19-6-7-20-14/h4-7,9-10H,2-3,8,11H2,1H3,(H2,18,24,25). The fourth-order valence-electron chi connectivity index (χ4n) is 2.62. The van der Waals surface area contributed by atoms with Crippen LogP contribution < -0.4 is 5.14 Å². The maximum Gasteiger partial charge on any atom is 0.358 e. The third-order valence-corrected chi connectivity index (χ3v) is 4.88. The highest BCUT2D eigenvalue weighted by molar-refractivity contribution is 7.89. The molecule has 1 aromatic carbocycles. The van der Waals surface area contributed by atoms with Crippen LogP contribution >= 0.6 is 0 Å². The van der Waals surface area contributed by atoms with E-state index in [9.17, 15) is 13.2 Å². The second kappa shape index (κ2) is 7.80. The van der Waals surface area contributed by atoms with Crippen molar-refractivity contribution in [3.63, 3.8) is 0 Å². The molecule has 0 fully saturated rings. The van der Waals surface area contributed by atoms with Crippen molar-refractivity contribution < 1.29 is 17.9 Å². The van der Waals surface area contributed by atoms with Gasteiger partial charge in [-0.3, -0.25) is 4.98 Å². The molecule has 27 heavy (non-hydrogen) atoms. The third-order valence-electron chi connectivity index (χ3n) is 3.97. The van der Waals surface area contributed by atoms with Crippen molar-refractivity contribution >= 4 is 27.0 Å². The van der Waals surface area contributed by atoms with Crippen LogP contribution in [-0.2, 0) is 27.9 Å². The molecule has 2 N–H and O–H groups in total. The average molecular weight is 389 g/mol. The molecular weight excluding hydrogens is 370 g/mol. The van der Waals surface area contributed by atoms with Gasteiger partial charge in [0, 0.05) is 18.9 Å². The van der Waals surface area contributed by atoms with Crippen molar-refractivity contribution in [2.75, 3.05) is 0 Å². The summed E-state index contributed by atoms with van der Waals surface area (Å²) >= 11 is 0. The van der Waals surface area contributed by atoms with E-state index in [1.165, 1.54) is 30.7 Å². The van der Waals surface area contributed by atoms with Crippen LogP contribution in [0.4, 0.5) is 0 Å². The smallest absolute Gasteiger partial charge is 0.358 e. The van der Waals surface area contributed by atoms with E-state index in [-0.39, 0.29) is 17.2 Å². The summed E-state index contributed by atoms with van der Waals surface area (Å²) in [4.78, 5) is 24.2. The van der Waals surface area contributed by atoms with Crippen molar-refractivity contribution in [3.05, 3.63) is 48.3 Å². The van der Waals surface area contributed by atoms with Gasteiger partial charge in [0.2, 0.25) is 10.0 Å². The van der Waals surface area contributed by atoms with Crippen molar-refractivity contribution in [1.82, 2.24) is 19.5 Å². The number of benzene rings is 1. The number of carbonyl (C=O) groups is 1. The Bertz CT molecular complexity index is 1060. The van der Waals surface area contributed by atoms with E-state index in [0.29, 0.717) is 17.9 Å². The Morgan fingerprint density at radius 1 is 1.30 bits per heavy atom. The summed E-state index contributed by atoms with van der Waals surface area (Å²) < 4.78 is 30.4. The van der Waals surface area contributed by atoms with E-state index in [1.54, 1.807) is 6.07 Å². The van der Waals surface area contributed by atoms with Crippen LogP contribution in [0.15, 0.2) is 41.7 Å². The summed E-state index contributed by atoms with van der Waals surface area (Å²) in [6, 6.07) is 4.52. The Balaban J connectivity index is 1.91. The highest BCUT2D eigenvalue weighted by Gasteiger charge is 2.17. The maximum absolute atomic E-state index is 12.1. The first-order valence-electron chi connectivity index (χ1n) is 8.35. The number of primary sulfonamides is 1. The number of hydrogen-bond donors (Lipinski definition) is 1. The Labute approximate surface area is 156 Å². The predicted octanol–water partition coefficient (Wildman–Crippen LogP) is 1.63. The number of nitrogens with two attached hydrogens (primary N) is 1. The van der Waals surface area contributed by atoms with Gasteiger partial charge in [0.15, 0.2) is 5.69 Å². The van der Waals surface area contributed by atoms with E-state index in [0.717, 1.165) is 18.4 Å². The van der Waals surface area contributed by atoms with Crippen LogP contribution in [0.2, 0.25) is 0 Å². The first-order chi connectivity index (χ1) is 12.9. The molecule has 142 valence electrons. The minimum Gasteiger partial charge on any atom is -0.453 e. The van der Waals surface area contributed by atoms with Crippen LogP contribution in [-0.4, -0.2) is 33.9 Å². The monoisotopic (exact) mass is 389 g/mol. The molecule has 0 spiro atoms. The molecule has 0 saturated carbocycles. The van der Waals surface area contributed by atoms with Gasteiger partial charge >= 0.3 is 5.97 Å². The number of carbonyl (C=O) groups excluding carboxylic acids is 1. The summed E-state index contributed by atoms with van der Waals surface area (Å²) in [5, 5.41) is 5.19. The molecular formula is C17H19N5O4S. The molecule has 0 amide bonds. The molecule has 0 bridgehead atoms. The minimum atomic E-state index is -3.83. The SMILES string of the molecule is CCCCn1c(COC(=O)c2cnccn2)nc2cc(S(N)(=O)=O)ccc21. The summed E-state index contributed by atoms with van der Waals surface area (Å²) in [7, 11) is -3.83. The van der Waals surface area contributed by atoms with Crippen LogP contribution in [0.3, 0.4) is 0 Å². The Kier molecular flexibility index (Phi) is 5.47. The lowest BCUT2D eigenvalue weighted by atomic mass is 10.3. The molecule has 3 rings (SSSR count). The summed E-state index contributed by atoms with van der Waals surface area (Å²) in [5.41, 5.74) is 1.33. The first-order valence-corrected chi connectivity index (χ1v) is 9.90. The molecule has 0 aliphatic carbocycles. The summed E-state index contributed by atoms with van der Waals surface area (Å²) in [5.74, 6) is -0.0929. The van der Waals surface area contributed by atoms with Gasteiger partial charge in [0.05, 0.1) is 22.1 Å². The normalized spacial score (nSPS) is 11.6. The molecule has 2 aromatic heterocycles. The lowest BCUT2D eigenvalue weighted by Crippen LogP contribution is -2.12. The number of ether oxygens (including phenoxy) is 1. The molecule has 0 saturated heterocycles. The van der Waals surface area contributed by atoms with Gasteiger partial charge in [-0.1, -0.05) is 13.3 Å². The third kappa shape index (κ3) is 4.29. The molecule has 2 heterocycles. The quantitative estimate of drug-likeness (QED) is 0.608. The van der Waals surface area contributed by atoms with Gasteiger partial charge in [-0.15, -0.1) is 0 Å². The molecule has 0 aliphatic rings. The highest BCUT2D eigenvalue weighted by Crippen LogP contribution is 2.21. The number of rotatable bonds is 7. The van der Waals surface area contributed by atoms with Crippen molar-refractivity contribution in [3.8, 4) is 0 Å². The lowest BCUT2D eigenvalue weighted by Gasteiger charge is -2.09. The zero-order valence-corrected chi connectivity index (χ0v) is 15.5. The lowest BCUT2D eigenvalue weighted by molar-refractivity contribution is 0.0451. The zero-order valence-electron chi connectivity index (χ0n) is 14.7. The van der Waals surface area contributed by atoms with Crippen molar-refractivity contribution in [1.29, 1.82) is 0 Å². The van der Waals surface area contributed by atoms with Crippen molar-refractivity contribution in [2.45, 2.75) is 37.8 Å². The van der Waals surface area contributed by atoms with Crippen LogP contribution in [0, 0.1) is 0 Å². The van der Waals surface area contributed by atoms with Gasteiger partial charge < -0.3 is 9.30 Å². The second-order valence-electron chi connectivity index (χ2n) is 5.90. The van der Waals surface area contributed by atoms with E-state index in [4.69, 9.17) is 9.88 Å². The largest absolute Gasteiger partial charge is 0.453 e. The first kappa shape index (κ1) is 18.9. The molecule has 10 heteroatoms. The predicted molar refractivity (Wildman–Crippen MR) is 97.2 cm³/mol. The van der Waals surface area contributed by atoms with E-state index < -0.39 is 16.0 Å². The Morgan fingerprint density at radius 2 is 2.11 bits per heavy atom. The molecule has 0 atom stereocenters. The van der Waals surface area contributed by atoms with E-state index >= 15 is 0 Å². The molecule has 0 unspecified atom stereocenters. The topological polar surface area (TPSA) is 130 Å². The number of fused-ring (bicyclic) bond motifs is 1. The minimum absolute atomic E-state index is 0.0155. The van der Waals surface area contributed by atoms with Gasteiger partial charge in [-0.2, -0.15) is 0 Å². The number of nitrogens with zero attached hydrogens (tertiary/aromatic N) is 4. The van der Waals surface area contributed by atoms with Crippen molar-refractivity contribution in [2.24, 2.45) is 5.14 Å². The molecule has 3 aromatic rings. The van der Waals surface area contributed by atoms with E-state index in [2.05, 4.69) is 21.9 Å². The number of esters is 1. The number of aromatic nitrogens is 4. The number of aryl methyl sites for hydroxylation is 1. The Hall–Kier alpha value is -2.85. The van der Waals surface area contributed by atoms with Gasteiger partial charge in [-0.25, -0.2) is 28.3 Å². The van der Waals surface area contributed by atoms with Gasteiger partial charge in [0.1, 0.15) is 12.4 Å². The number of unbranched alkanes of at least 4 members (excludes halogenated alkanes) is 1.